The Balaban J connectivity index is 1.49. The van der Waals surface area contributed by atoms with Crippen molar-refractivity contribution in [1.82, 2.24) is 30.2 Å². The quantitative estimate of drug-likeness (QED) is 0.757. The van der Waals surface area contributed by atoms with Gasteiger partial charge >= 0.3 is 0 Å². The molecule has 25 heavy (non-hydrogen) atoms. The van der Waals surface area contributed by atoms with Gasteiger partial charge in [-0.1, -0.05) is 18.2 Å². The van der Waals surface area contributed by atoms with Crippen molar-refractivity contribution in [2.45, 2.75) is 19.5 Å². The molecule has 0 atom stereocenters. The summed E-state index contributed by atoms with van der Waals surface area (Å²) in [5, 5.41) is 14.9. The molecule has 3 heterocycles. The summed E-state index contributed by atoms with van der Waals surface area (Å²) >= 11 is 0. The van der Waals surface area contributed by atoms with Gasteiger partial charge in [-0.25, -0.2) is 4.68 Å². The Morgan fingerprint density at radius 1 is 1.32 bits per heavy atom. The van der Waals surface area contributed by atoms with Crippen molar-refractivity contribution in [3.8, 4) is 5.69 Å². The first-order valence-electron chi connectivity index (χ1n) is 8.33. The molecule has 1 aliphatic rings. The summed E-state index contributed by atoms with van der Waals surface area (Å²) in [6, 6.07) is 9.91. The average molecular weight is 336 g/mol. The number of benzene rings is 1. The van der Waals surface area contributed by atoms with E-state index in [1.165, 1.54) is 0 Å². The summed E-state index contributed by atoms with van der Waals surface area (Å²) in [7, 11) is 1.79. The fraction of sp³-hybridized carbons (Fsp3) is 0.278. The third kappa shape index (κ3) is 3.06. The molecule has 1 aromatic carbocycles. The predicted octanol–water partition coefficient (Wildman–Crippen LogP) is 1.51. The Labute approximate surface area is 145 Å². The minimum atomic E-state index is -0.0753. The molecule has 0 saturated heterocycles. The van der Waals surface area contributed by atoms with E-state index in [4.69, 9.17) is 0 Å². The normalized spacial score (nSPS) is 13.5. The molecule has 0 radical (unpaired) electrons. The standard InChI is InChI=1S/C18H20N6O/c1-23(18(25)17-15-10-19-8-7-16(15)21-22-17)11-13-9-20-24(12-13)14-5-3-2-4-6-14/h2-6,9,12,19H,7-8,10-11H2,1H3,(H,21,22). The molecule has 1 amide bonds. The highest BCUT2D eigenvalue weighted by molar-refractivity contribution is 5.93. The van der Waals surface area contributed by atoms with Crippen LogP contribution < -0.4 is 5.32 Å². The number of rotatable bonds is 4. The third-order valence-electron chi connectivity index (χ3n) is 4.43. The molecule has 0 aliphatic carbocycles. The monoisotopic (exact) mass is 336 g/mol. The summed E-state index contributed by atoms with van der Waals surface area (Å²) in [6.45, 7) is 2.09. The molecule has 1 aliphatic heterocycles. The average Bonchev–Trinajstić information content (AvgIpc) is 3.29. The fourth-order valence-corrected chi connectivity index (χ4v) is 3.09. The van der Waals surface area contributed by atoms with Gasteiger partial charge < -0.3 is 10.2 Å². The van der Waals surface area contributed by atoms with E-state index in [-0.39, 0.29) is 5.91 Å². The van der Waals surface area contributed by atoms with E-state index < -0.39 is 0 Å². The first-order chi connectivity index (χ1) is 12.2. The molecule has 2 aromatic heterocycles. The molecule has 4 rings (SSSR count). The Kier molecular flexibility index (Phi) is 4.07. The predicted molar refractivity (Wildman–Crippen MR) is 93.4 cm³/mol. The number of carbonyl (C=O) groups excluding carboxylic acids is 1. The number of hydrogen-bond acceptors (Lipinski definition) is 4. The van der Waals surface area contributed by atoms with Crippen LogP contribution in [0.4, 0.5) is 0 Å². The van der Waals surface area contributed by atoms with E-state index in [2.05, 4.69) is 20.6 Å². The van der Waals surface area contributed by atoms with Gasteiger partial charge in [0.15, 0.2) is 5.69 Å². The van der Waals surface area contributed by atoms with Gasteiger partial charge in [0.25, 0.3) is 5.91 Å². The smallest absolute Gasteiger partial charge is 0.274 e. The van der Waals surface area contributed by atoms with Crippen LogP contribution in [-0.4, -0.2) is 44.4 Å². The highest BCUT2D eigenvalue weighted by Gasteiger charge is 2.24. The van der Waals surface area contributed by atoms with Crippen LogP contribution in [0.2, 0.25) is 0 Å². The summed E-state index contributed by atoms with van der Waals surface area (Å²) < 4.78 is 1.81. The van der Waals surface area contributed by atoms with Crippen LogP contribution in [0, 0.1) is 0 Å². The van der Waals surface area contributed by atoms with E-state index in [1.54, 1.807) is 18.1 Å². The summed E-state index contributed by atoms with van der Waals surface area (Å²) in [4.78, 5) is 14.4. The molecule has 0 saturated carbocycles. The van der Waals surface area contributed by atoms with E-state index in [1.807, 2.05) is 41.2 Å². The van der Waals surface area contributed by atoms with Crippen molar-refractivity contribution in [1.29, 1.82) is 0 Å². The Morgan fingerprint density at radius 2 is 2.16 bits per heavy atom. The third-order valence-corrected chi connectivity index (χ3v) is 4.43. The van der Waals surface area contributed by atoms with Crippen LogP contribution in [-0.2, 0) is 19.5 Å². The van der Waals surface area contributed by atoms with Gasteiger partial charge in [0.2, 0.25) is 0 Å². The lowest BCUT2D eigenvalue weighted by molar-refractivity contribution is 0.0778. The molecule has 128 valence electrons. The molecule has 3 aromatic rings. The van der Waals surface area contributed by atoms with E-state index in [0.717, 1.165) is 35.5 Å². The van der Waals surface area contributed by atoms with Crippen molar-refractivity contribution in [3.05, 3.63) is 65.2 Å². The van der Waals surface area contributed by atoms with Crippen molar-refractivity contribution in [2.75, 3.05) is 13.6 Å². The number of aromatic amines is 1. The number of carbonyl (C=O) groups is 1. The number of aromatic nitrogens is 4. The highest BCUT2D eigenvalue weighted by Crippen LogP contribution is 2.17. The van der Waals surface area contributed by atoms with Crippen molar-refractivity contribution in [2.24, 2.45) is 0 Å². The first-order valence-corrected chi connectivity index (χ1v) is 8.33. The minimum absolute atomic E-state index is 0.0753. The SMILES string of the molecule is CN(Cc1cnn(-c2ccccc2)c1)C(=O)c1n[nH]c2c1CNCC2. The number of para-hydroxylation sites is 1. The summed E-state index contributed by atoms with van der Waals surface area (Å²) in [5.41, 5.74) is 4.54. The molecule has 0 spiro atoms. The van der Waals surface area contributed by atoms with E-state index >= 15 is 0 Å². The zero-order valence-electron chi connectivity index (χ0n) is 14.1. The van der Waals surface area contributed by atoms with Gasteiger partial charge in [-0.3, -0.25) is 9.89 Å². The largest absolute Gasteiger partial charge is 0.336 e. The number of H-pyrrole nitrogens is 1. The maximum Gasteiger partial charge on any atom is 0.274 e. The summed E-state index contributed by atoms with van der Waals surface area (Å²) in [6.07, 6.45) is 4.61. The number of nitrogens with one attached hydrogen (secondary N) is 2. The van der Waals surface area contributed by atoms with E-state index in [0.29, 0.717) is 18.8 Å². The second kappa shape index (κ2) is 6.52. The molecular formula is C18H20N6O. The number of amides is 1. The first kappa shape index (κ1) is 15.6. The number of nitrogens with zero attached hydrogens (tertiary/aromatic N) is 4. The lowest BCUT2D eigenvalue weighted by Gasteiger charge is -2.17. The Hall–Kier alpha value is -2.93. The van der Waals surface area contributed by atoms with Crippen LogP contribution in [0.25, 0.3) is 5.69 Å². The topological polar surface area (TPSA) is 78.8 Å². The molecule has 0 fully saturated rings. The lowest BCUT2D eigenvalue weighted by atomic mass is 10.1. The zero-order chi connectivity index (χ0) is 17.2. The van der Waals surface area contributed by atoms with Crippen LogP contribution >= 0.6 is 0 Å². The van der Waals surface area contributed by atoms with E-state index in [9.17, 15) is 4.79 Å². The second-order valence-corrected chi connectivity index (χ2v) is 6.25. The Morgan fingerprint density at radius 3 is 3.00 bits per heavy atom. The van der Waals surface area contributed by atoms with Crippen molar-refractivity contribution >= 4 is 5.91 Å². The molecule has 0 unspecified atom stereocenters. The van der Waals surface area contributed by atoms with Crippen LogP contribution in [0.5, 0.6) is 0 Å². The molecule has 2 N–H and O–H groups in total. The maximum absolute atomic E-state index is 12.7. The maximum atomic E-state index is 12.7. The van der Waals surface area contributed by atoms with Gasteiger partial charge in [-0.05, 0) is 12.1 Å². The second-order valence-electron chi connectivity index (χ2n) is 6.25. The zero-order valence-corrected chi connectivity index (χ0v) is 14.1. The van der Waals surface area contributed by atoms with Crippen molar-refractivity contribution < 1.29 is 4.79 Å². The molecule has 7 nitrogen and oxygen atoms in total. The van der Waals surface area contributed by atoms with Crippen LogP contribution in [0.3, 0.4) is 0 Å². The van der Waals surface area contributed by atoms with Crippen LogP contribution in [0.1, 0.15) is 27.3 Å². The number of hydrogen-bond donors (Lipinski definition) is 2. The fourth-order valence-electron chi connectivity index (χ4n) is 3.09. The Bertz CT molecular complexity index is 882. The van der Waals surface area contributed by atoms with Crippen LogP contribution in [0.15, 0.2) is 42.7 Å². The van der Waals surface area contributed by atoms with Gasteiger partial charge in [0.05, 0.1) is 11.9 Å². The highest BCUT2D eigenvalue weighted by atomic mass is 16.2. The molecule has 0 bridgehead atoms. The summed E-state index contributed by atoms with van der Waals surface area (Å²) in [5.74, 6) is -0.0753. The van der Waals surface area contributed by atoms with Gasteiger partial charge in [-0.15, -0.1) is 0 Å². The lowest BCUT2D eigenvalue weighted by Crippen LogP contribution is -2.29. The van der Waals surface area contributed by atoms with Crippen molar-refractivity contribution in [3.63, 3.8) is 0 Å². The van der Waals surface area contributed by atoms with Gasteiger partial charge in [-0.2, -0.15) is 10.2 Å². The minimum Gasteiger partial charge on any atom is -0.336 e. The molecular weight excluding hydrogens is 316 g/mol. The molecule has 7 heteroatoms. The van der Waals surface area contributed by atoms with Gasteiger partial charge in [0, 0.05) is 56.1 Å². The number of fused-ring (bicyclic) bond motifs is 1. The van der Waals surface area contributed by atoms with Gasteiger partial charge in [0.1, 0.15) is 0 Å².